The van der Waals surface area contributed by atoms with E-state index in [0.717, 1.165) is 24.7 Å². The summed E-state index contributed by atoms with van der Waals surface area (Å²) in [6.07, 6.45) is 4.95. The fraction of sp³-hybridized carbons (Fsp3) is 0.467. The van der Waals surface area contributed by atoms with Crippen LogP contribution in [0.3, 0.4) is 0 Å². The summed E-state index contributed by atoms with van der Waals surface area (Å²) in [6.45, 7) is 2.87. The fourth-order valence-electron chi connectivity index (χ4n) is 2.61. The molecular formula is C15H21N7O. The lowest BCUT2D eigenvalue weighted by Crippen LogP contribution is -2.49. The molecule has 122 valence electrons. The number of hydrogen-bond acceptors (Lipinski definition) is 6. The molecule has 0 radical (unpaired) electrons. The Morgan fingerprint density at radius 3 is 2.52 bits per heavy atom. The minimum atomic E-state index is 0.0365. The molecule has 0 spiro atoms. The Hall–Kier alpha value is -2.64. The number of aryl methyl sites for hydroxylation is 1. The average molecular weight is 315 g/mol. The zero-order valence-electron chi connectivity index (χ0n) is 13.7. The molecule has 0 N–H and O–H groups in total. The van der Waals surface area contributed by atoms with Crippen molar-refractivity contribution in [2.24, 2.45) is 7.05 Å². The molecule has 3 heterocycles. The third kappa shape index (κ3) is 3.25. The molecule has 8 heteroatoms. The molecule has 0 unspecified atom stereocenters. The maximum Gasteiger partial charge on any atom is 0.257 e. The van der Waals surface area contributed by atoms with E-state index in [4.69, 9.17) is 0 Å². The highest BCUT2D eigenvalue weighted by molar-refractivity contribution is 5.93. The van der Waals surface area contributed by atoms with Crippen LogP contribution in [-0.2, 0) is 7.05 Å². The van der Waals surface area contributed by atoms with Crippen molar-refractivity contribution in [2.45, 2.75) is 0 Å². The Labute approximate surface area is 135 Å². The van der Waals surface area contributed by atoms with E-state index in [0.29, 0.717) is 18.7 Å². The number of nitrogens with zero attached hydrogens (tertiary/aromatic N) is 7. The van der Waals surface area contributed by atoms with Crippen molar-refractivity contribution in [3.8, 4) is 0 Å². The first-order chi connectivity index (χ1) is 11.0. The van der Waals surface area contributed by atoms with E-state index in [1.807, 2.05) is 37.0 Å². The van der Waals surface area contributed by atoms with Crippen LogP contribution in [0, 0.1) is 0 Å². The Balaban J connectivity index is 1.64. The molecule has 23 heavy (non-hydrogen) atoms. The largest absolute Gasteiger partial charge is 0.363 e. The van der Waals surface area contributed by atoms with Gasteiger partial charge in [-0.3, -0.25) is 9.48 Å². The first-order valence-electron chi connectivity index (χ1n) is 7.57. The zero-order chi connectivity index (χ0) is 16.4. The van der Waals surface area contributed by atoms with Gasteiger partial charge in [0.25, 0.3) is 5.91 Å². The van der Waals surface area contributed by atoms with Crippen molar-refractivity contribution in [3.05, 3.63) is 30.4 Å². The van der Waals surface area contributed by atoms with Crippen molar-refractivity contribution < 1.29 is 4.79 Å². The summed E-state index contributed by atoms with van der Waals surface area (Å²) >= 11 is 0. The van der Waals surface area contributed by atoms with Gasteiger partial charge in [-0.1, -0.05) is 0 Å². The van der Waals surface area contributed by atoms with Crippen molar-refractivity contribution in [1.82, 2.24) is 24.6 Å². The summed E-state index contributed by atoms with van der Waals surface area (Å²) in [7, 11) is 5.72. The smallest absolute Gasteiger partial charge is 0.257 e. The number of aromatic nitrogens is 4. The highest BCUT2D eigenvalue weighted by Crippen LogP contribution is 2.18. The summed E-state index contributed by atoms with van der Waals surface area (Å²) in [4.78, 5) is 27.0. The van der Waals surface area contributed by atoms with Gasteiger partial charge in [-0.05, 0) is 0 Å². The van der Waals surface area contributed by atoms with Gasteiger partial charge in [0.1, 0.15) is 18.0 Å². The molecule has 1 fully saturated rings. The number of carbonyl (C=O) groups excluding carboxylic acids is 1. The molecule has 1 aliphatic heterocycles. The van der Waals surface area contributed by atoms with Crippen molar-refractivity contribution in [1.29, 1.82) is 0 Å². The molecule has 2 aromatic heterocycles. The van der Waals surface area contributed by atoms with Gasteiger partial charge in [-0.15, -0.1) is 0 Å². The van der Waals surface area contributed by atoms with Crippen LogP contribution < -0.4 is 9.80 Å². The van der Waals surface area contributed by atoms with Crippen molar-refractivity contribution >= 4 is 17.5 Å². The first-order valence-corrected chi connectivity index (χ1v) is 7.57. The van der Waals surface area contributed by atoms with Gasteiger partial charge < -0.3 is 14.7 Å². The lowest BCUT2D eigenvalue weighted by Gasteiger charge is -2.35. The van der Waals surface area contributed by atoms with Gasteiger partial charge in [-0.2, -0.15) is 5.10 Å². The van der Waals surface area contributed by atoms with Crippen LogP contribution in [0.4, 0.5) is 11.6 Å². The lowest BCUT2D eigenvalue weighted by molar-refractivity contribution is 0.0746. The standard InChI is InChI=1S/C15H21N7O/c1-19(2)13-8-14(17-11-16-13)21-4-6-22(7-5-21)15(23)12-9-18-20(3)10-12/h8-11H,4-7H2,1-3H3. The highest BCUT2D eigenvalue weighted by atomic mass is 16.2. The molecule has 0 bridgehead atoms. The molecule has 0 aliphatic carbocycles. The van der Waals surface area contributed by atoms with Crippen LogP contribution in [0.5, 0.6) is 0 Å². The molecule has 8 nitrogen and oxygen atoms in total. The summed E-state index contributed by atoms with van der Waals surface area (Å²) in [5.41, 5.74) is 0.637. The second kappa shape index (κ2) is 6.23. The average Bonchev–Trinajstić information content (AvgIpc) is 3.01. The number of carbonyl (C=O) groups is 1. The maximum absolute atomic E-state index is 12.4. The number of piperazine rings is 1. The minimum absolute atomic E-state index is 0.0365. The van der Waals surface area contributed by atoms with Crippen molar-refractivity contribution in [3.63, 3.8) is 0 Å². The maximum atomic E-state index is 12.4. The van der Waals surface area contributed by atoms with Gasteiger partial charge in [0.15, 0.2) is 0 Å². The monoisotopic (exact) mass is 315 g/mol. The molecule has 0 aromatic carbocycles. The molecule has 2 aromatic rings. The minimum Gasteiger partial charge on any atom is -0.363 e. The zero-order valence-corrected chi connectivity index (χ0v) is 13.7. The van der Waals surface area contributed by atoms with Gasteiger partial charge in [0, 0.05) is 59.6 Å². The van der Waals surface area contributed by atoms with Crippen LogP contribution in [0.15, 0.2) is 24.8 Å². The third-order valence-corrected chi connectivity index (χ3v) is 3.94. The predicted octanol–water partition coefficient (Wildman–Crippen LogP) is 0.239. The first kappa shape index (κ1) is 15.3. The SMILES string of the molecule is CN(C)c1cc(N2CCN(C(=O)c3cnn(C)c3)CC2)ncn1. The van der Waals surface area contributed by atoms with E-state index in [2.05, 4.69) is 20.0 Å². The van der Waals surface area contributed by atoms with Gasteiger partial charge in [0.2, 0.25) is 0 Å². The summed E-state index contributed by atoms with van der Waals surface area (Å²) in [5.74, 6) is 1.82. The Morgan fingerprint density at radius 2 is 1.91 bits per heavy atom. The number of rotatable bonds is 3. The normalized spacial score (nSPS) is 14.9. The van der Waals surface area contributed by atoms with Crippen molar-refractivity contribution in [2.75, 3.05) is 50.1 Å². The van der Waals surface area contributed by atoms with E-state index < -0.39 is 0 Å². The van der Waals surface area contributed by atoms with Crippen LogP contribution in [0.1, 0.15) is 10.4 Å². The highest BCUT2D eigenvalue weighted by Gasteiger charge is 2.23. The molecular weight excluding hydrogens is 294 g/mol. The van der Waals surface area contributed by atoms with E-state index in [9.17, 15) is 4.79 Å². The van der Waals surface area contributed by atoms with Gasteiger partial charge in [0.05, 0.1) is 11.8 Å². The van der Waals surface area contributed by atoms with Gasteiger partial charge in [-0.25, -0.2) is 9.97 Å². The topological polar surface area (TPSA) is 70.4 Å². The Morgan fingerprint density at radius 1 is 1.17 bits per heavy atom. The van der Waals surface area contributed by atoms with Crippen LogP contribution in [0.2, 0.25) is 0 Å². The lowest BCUT2D eigenvalue weighted by atomic mass is 10.2. The number of anilines is 2. The second-order valence-corrected chi connectivity index (χ2v) is 5.81. The predicted molar refractivity (Wildman–Crippen MR) is 87.7 cm³/mol. The quantitative estimate of drug-likeness (QED) is 0.808. The van der Waals surface area contributed by atoms with E-state index >= 15 is 0 Å². The summed E-state index contributed by atoms with van der Waals surface area (Å²) in [6, 6.07) is 1.97. The number of amides is 1. The molecule has 0 saturated carbocycles. The van der Waals surface area contributed by atoms with Gasteiger partial charge >= 0.3 is 0 Å². The Kier molecular flexibility index (Phi) is 4.14. The van der Waals surface area contributed by atoms with Crippen LogP contribution >= 0.6 is 0 Å². The fourth-order valence-corrected chi connectivity index (χ4v) is 2.61. The second-order valence-electron chi connectivity index (χ2n) is 5.81. The third-order valence-electron chi connectivity index (χ3n) is 3.94. The Bertz CT molecular complexity index is 689. The summed E-state index contributed by atoms with van der Waals surface area (Å²) < 4.78 is 1.65. The van der Waals surface area contributed by atoms with Crippen LogP contribution in [-0.4, -0.2) is 70.8 Å². The number of hydrogen-bond donors (Lipinski definition) is 0. The summed E-state index contributed by atoms with van der Waals surface area (Å²) in [5, 5.41) is 4.06. The van der Waals surface area contributed by atoms with E-state index in [1.165, 1.54) is 0 Å². The molecule has 1 saturated heterocycles. The van der Waals surface area contributed by atoms with E-state index in [1.54, 1.807) is 23.4 Å². The molecule has 1 amide bonds. The molecule has 0 atom stereocenters. The molecule has 3 rings (SSSR count). The van der Waals surface area contributed by atoms with Crippen LogP contribution in [0.25, 0.3) is 0 Å². The molecule has 1 aliphatic rings. The van der Waals surface area contributed by atoms with E-state index in [-0.39, 0.29) is 5.91 Å².